The van der Waals surface area contributed by atoms with Crippen LogP contribution in [0.2, 0.25) is 0 Å². The number of nitrogens with one attached hydrogen (secondary N) is 2. The molecule has 140 valence electrons. The minimum absolute atomic E-state index is 0.137. The molecule has 1 aromatic carbocycles. The standard InChI is InChI=1S/C19H19N3O3S2/c23-19(21-14-15-3-1-10-20-13-15)16-5-7-18(8-6-16)27(24,25)22-11-9-17-4-2-12-26-17/h1-8,10,12-13,22H,9,11,14H2,(H,21,23). The monoisotopic (exact) mass is 401 g/mol. The number of hydrogen-bond donors (Lipinski definition) is 2. The molecule has 1 amide bonds. The highest BCUT2D eigenvalue weighted by atomic mass is 32.2. The summed E-state index contributed by atoms with van der Waals surface area (Å²) >= 11 is 1.59. The molecule has 0 spiro atoms. The molecular weight excluding hydrogens is 382 g/mol. The first-order valence-electron chi connectivity index (χ1n) is 8.34. The van der Waals surface area contributed by atoms with Crippen LogP contribution < -0.4 is 10.0 Å². The fourth-order valence-corrected chi connectivity index (χ4v) is 4.16. The van der Waals surface area contributed by atoms with Crippen LogP contribution in [-0.2, 0) is 23.0 Å². The van der Waals surface area contributed by atoms with E-state index in [9.17, 15) is 13.2 Å². The third kappa shape index (κ3) is 5.46. The normalized spacial score (nSPS) is 11.3. The summed E-state index contributed by atoms with van der Waals surface area (Å²) < 4.78 is 27.3. The van der Waals surface area contributed by atoms with Crippen LogP contribution in [0, 0.1) is 0 Å². The lowest BCUT2D eigenvalue weighted by Crippen LogP contribution is -2.26. The van der Waals surface area contributed by atoms with Crippen molar-refractivity contribution in [2.45, 2.75) is 17.9 Å². The van der Waals surface area contributed by atoms with E-state index in [-0.39, 0.29) is 10.8 Å². The maximum Gasteiger partial charge on any atom is 0.251 e. The van der Waals surface area contributed by atoms with Gasteiger partial charge in [-0.1, -0.05) is 12.1 Å². The van der Waals surface area contributed by atoms with E-state index in [1.165, 1.54) is 24.3 Å². The number of benzene rings is 1. The molecule has 2 heterocycles. The molecule has 2 aromatic heterocycles. The summed E-state index contributed by atoms with van der Waals surface area (Å²) in [7, 11) is -3.60. The van der Waals surface area contributed by atoms with E-state index < -0.39 is 10.0 Å². The Balaban J connectivity index is 1.56. The van der Waals surface area contributed by atoms with Gasteiger partial charge >= 0.3 is 0 Å². The zero-order valence-corrected chi connectivity index (χ0v) is 16.1. The molecule has 0 radical (unpaired) electrons. The first-order chi connectivity index (χ1) is 13.0. The first kappa shape index (κ1) is 19.2. The number of pyridine rings is 1. The van der Waals surface area contributed by atoms with Gasteiger partial charge in [-0.15, -0.1) is 11.3 Å². The van der Waals surface area contributed by atoms with Crippen LogP contribution >= 0.6 is 11.3 Å². The Hall–Kier alpha value is -2.55. The van der Waals surface area contributed by atoms with Crippen molar-refractivity contribution in [3.63, 3.8) is 0 Å². The van der Waals surface area contributed by atoms with Crippen molar-refractivity contribution in [1.82, 2.24) is 15.0 Å². The predicted molar refractivity (Wildman–Crippen MR) is 105 cm³/mol. The van der Waals surface area contributed by atoms with Crippen LogP contribution in [0.15, 0.2) is 71.2 Å². The van der Waals surface area contributed by atoms with E-state index in [0.717, 1.165) is 10.4 Å². The van der Waals surface area contributed by atoms with Gasteiger partial charge in [-0.05, 0) is 53.8 Å². The van der Waals surface area contributed by atoms with Crippen LogP contribution in [0.1, 0.15) is 20.8 Å². The largest absolute Gasteiger partial charge is 0.348 e. The molecule has 0 aliphatic carbocycles. The van der Waals surface area contributed by atoms with Crippen LogP contribution in [0.5, 0.6) is 0 Å². The molecule has 27 heavy (non-hydrogen) atoms. The topological polar surface area (TPSA) is 88.2 Å². The number of rotatable bonds is 8. The average molecular weight is 402 g/mol. The van der Waals surface area contributed by atoms with E-state index in [1.807, 2.05) is 23.6 Å². The number of sulfonamides is 1. The number of aromatic nitrogens is 1. The predicted octanol–water partition coefficient (Wildman–Crippen LogP) is 2.59. The van der Waals surface area contributed by atoms with E-state index >= 15 is 0 Å². The number of hydrogen-bond acceptors (Lipinski definition) is 5. The van der Waals surface area contributed by atoms with Crippen molar-refractivity contribution in [1.29, 1.82) is 0 Å². The average Bonchev–Trinajstić information content (AvgIpc) is 3.20. The maximum atomic E-state index is 12.3. The zero-order chi connectivity index (χ0) is 19.1. The molecule has 2 N–H and O–H groups in total. The van der Waals surface area contributed by atoms with Crippen LogP contribution in [-0.4, -0.2) is 25.9 Å². The van der Waals surface area contributed by atoms with Crippen molar-refractivity contribution in [2.75, 3.05) is 6.54 Å². The number of carbonyl (C=O) groups is 1. The molecule has 0 aliphatic heterocycles. The van der Waals surface area contributed by atoms with E-state index in [2.05, 4.69) is 15.0 Å². The molecule has 3 rings (SSSR count). The van der Waals surface area contributed by atoms with Crippen molar-refractivity contribution < 1.29 is 13.2 Å². The van der Waals surface area contributed by atoms with Crippen molar-refractivity contribution in [2.24, 2.45) is 0 Å². The van der Waals surface area contributed by atoms with Gasteiger partial charge in [0, 0.05) is 35.9 Å². The quantitative estimate of drug-likeness (QED) is 0.607. The van der Waals surface area contributed by atoms with Crippen molar-refractivity contribution in [3.05, 3.63) is 82.3 Å². The molecule has 3 aromatic rings. The van der Waals surface area contributed by atoms with Crippen LogP contribution in [0.25, 0.3) is 0 Å². The SMILES string of the molecule is O=C(NCc1cccnc1)c1ccc(S(=O)(=O)NCCc2cccs2)cc1. The smallest absolute Gasteiger partial charge is 0.251 e. The van der Waals surface area contributed by atoms with Gasteiger partial charge < -0.3 is 5.32 Å². The van der Waals surface area contributed by atoms with Crippen molar-refractivity contribution >= 4 is 27.3 Å². The summed E-state index contributed by atoms with van der Waals surface area (Å²) in [6.45, 7) is 0.688. The van der Waals surface area contributed by atoms with Gasteiger partial charge in [-0.25, -0.2) is 13.1 Å². The Morgan fingerprint density at radius 1 is 1.07 bits per heavy atom. The highest BCUT2D eigenvalue weighted by molar-refractivity contribution is 7.89. The van der Waals surface area contributed by atoms with Gasteiger partial charge in [0.15, 0.2) is 0 Å². The second kappa shape index (κ2) is 8.90. The molecular formula is C19H19N3O3S2. The first-order valence-corrected chi connectivity index (χ1v) is 10.7. The van der Waals surface area contributed by atoms with Gasteiger partial charge in [0.05, 0.1) is 4.90 Å². The lowest BCUT2D eigenvalue weighted by Gasteiger charge is -2.08. The zero-order valence-electron chi connectivity index (χ0n) is 14.5. The van der Waals surface area contributed by atoms with Gasteiger partial charge in [0.2, 0.25) is 10.0 Å². The molecule has 0 bridgehead atoms. The van der Waals surface area contributed by atoms with Crippen molar-refractivity contribution in [3.8, 4) is 0 Å². The Labute approximate surface area is 162 Å². The van der Waals surface area contributed by atoms with Gasteiger partial charge in [-0.3, -0.25) is 9.78 Å². The van der Waals surface area contributed by atoms with Gasteiger partial charge in [0.25, 0.3) is 5.91 Å². The minimum atomic E-state index is -3.60. The maximum absolute atomic E-state index is 12.3. The number of amides is 1. The third-order valence-electron chi connectivity index (χ3n) is 3.85. The van der Waals surface area contributed by atoms with Crippen LogP contribution in [0.3, 0.4) is 0 Å². The third-order valence-corrected chi connectivity index (χ3v) is 6.26. The Morgan fingerprint density at radius 2 is 1.89 bits per heavy atom. The molecule has 0 saturated carbocycles. The molecule has 0 atom stereocenters. The fourth-order valence-electron chi connectivity index (χ4n) is 2.42. The Bertz CT molecular complexity index is 971. The summed E-state index contributed by atoms with van der Waals surface area (Å²) in [5.41, 5.74) is 1.29. The van der Waals surface area contributed by atoms with Gasteiger partial charge in [-0.2, -0.15) is 0 Å². The summed E-state index contributed by atoms with van der Waals surface area (Å²) in [5, 5.41) is 4.74. The highest BCUT2D eigenvalue weighted by Crippen LogP contribution is 2.12. The van der Waals surface area contributed by atoms with E-state index in [1.54, 1.807) is 29.8 Å². The van der Waals surface area contributed by atoms with E-state index in [0.29, 0.717) is 25.1 Å². The number of thiophene rings is 1. The van der Waals surface area contributed by atoms with Gasteiger partial charge in [0.1, 0.15) is 0 Å². The molecule has 8 heteroatoms. The second-order valence-corrected chi connectivity index (χ2v) is 8.59. The summed E-state index contributed by atoms with van der Waals surface area (Å²) in [4.78, 5) is 17.4. The molecule has 6 nitrogen and oxygen atoms in total. The summed E-state index contributed by atoms with van der Waals surface area (Å²) in [5.74, 6) is -0.270. The highest BCUT2D eigenvalue weighted by Gasteiger charge is 2.14. The lowest BCUT2D eigenvalue weighted by molar-refractivity contribution is 0.0951. The molecule has 0 unspecified atom stereocenters. The molecule has 0 fully saturated rings. The lowest BCUT2D eigenvalue weighted by atomic mass is 10.2. The molecule has 0 saturated heterocycles. The summed E-state index contributed by atoms with van der Waals surface area (Å²) in [6, 6.07) is 13.5. The Morgan fingerprint density at radius 3 is 2.56 bits per heavy atom. The minimum Gasteiger partial charge on any atom is -0.348 e. The number of carbonyl (C=O) groups excluding carboxylic acids is 1. The van der Waals surface area contributed by atoms with Crippen LogP contribution in [0.4, 0.5) is 0 Å². The Kier molecular flexibility index (Phi) is 6.33. The van der Waals surface area contributed by atoms with E-state index in [4.69, 9.17) is 0 Å². The summed E-state index contributed by atoms with van der Waals surface area (Å²) in [6.07, 6.45) is 3.99. The fraction of sp³-hybridized carbons (Fsp3) is 0.158. The second-order valence-electron chi connectivity index (χ2n) is 5.80. The number of nitrogens with zero attached hydrogens (tertiary/aromatic N) is 1. The molecule has 0 aliphatic rings.